The van der Waals surface area contributed by atoms with Crippen molar-refractivity contribution in [2.24, 2.45) is 43.5 Å². The van der Waals surface area contributed by atoms with Crippen LogP contribution in [0, 0.1) is 0 Å². The van der Waals surface area contributed by atoms with Gasteiger partial charge in [-0.2, -0.15) is 0 Å². The van der Waals surface area contributed by atoms with Crippen LogP contribution < -0.4 is 53.8 Å². The molecule has 29 heteroatoms. The van der Waals surface area contributed by atoms with Crippen LogP contribution in [0.5, 0.6) is 0 Å². The molecule has 7 N–H and O–H groups in total. The third-order valence-corrected chi connectivity index (χ3v) is 24.7. The van der Waals surface area contributed by atoms with Crippen LogP contribution in [0.1, 0.15) is 299 Å². The van der Waals surface area contributed by atoms with Crippen LogP contribution in [0.4, 0.5) is 37.1 Å². The van der Waals surface area contributed by atoms with Crippen molar-refractivity contribution >= 4 is 131 Å². The fourth-order valence-electron chi connectivity index (χ4n) is 15.3. The lowest BCUT2D eigenvalue weighted by Gasteiger charge is -2.12. The van der Waals surface area contributed by atoms with Gasteiger partial charge in [0.2, 0.25) is 26.9 Å². The van der Waals surface area contributed by atoms with E-state index in [9.17, 15) is 32.4 Å². The van der Waals surface area contributed by atoms with E-state index in [4.69, 9.17) is 44.3 Å². The highest BCUT2D eigenvalue weighted by Gasteiger charge is 2.19. The largest absolute Gasteiger partial charge is 0.462 e. The normalized spacial score (nSPS) is 11.2. The van der Waals surface area contributed by atoms with Crippen molar-refractivity contribution in [3.63, 3.8) is 0 Å². The molecule has 6 aromatic carbocycles. The summed E-state index contributed by atoms with van der Waals surface area (Å²) in [6.45, 7) is 12.9. The first-order valence-electron chi connectivity index (χ1n) is 46.1. The van der Waals surface area contributed by atoms with E-state index in [0.29, 0.717) is 87.8 Å². The van der Waals surface area contributed by atoms with Crippen LogP contribution in [0.3, 0.4) is 0 Å². The van der Waals surface area contributed by atoms with Gasteiger partial charge in [-0.3, -0.25) is 4.72 Å². The molecule has 3 aromatic heterocycles. The Kier molecular flexibility index (Phi) is 47.6. The summed E-state index contributed by atoms with van der Waals surface area (Å²) < 4.78 is 50.6. The average Bonchev–Trinajstić information content (AvgIpc) is 1.65. The molecule has 0 aliphatic carbocycles. The number of aryl methyl sites for hydroxylation is 6. The third-order valence-electron chi connectivity index (χ3n) is 22.4. The van der Waals surface area contributed by atoms with E-state index >= 15 is 0 Å². The highest BCUT2D eigenvalue weighted by atomic mass is 35.5. The monoisotopic (exact) mass is 1800 g/mol. The number of benzene rings is 6. The highest BCUT2D eigenvalue weighted by Crippen LogP contribution is 2.29. The molecule has 0 atom stereocenters. The lowest BCUT2D eigenvalue weighted by Crippen LogP contribution is -2.32. The SMILES string of the molecule is CCCCCCCCCCCCCCCCOC(=O)c1ccc(Cl)c(NC(=O)NN=c2n(C)c3ccccc3n2C)c1.CCCCCCCCCCCCCCCCS(=O)(=O)Nc1ccc(Cl)c(NC(=O)NN=c2n(CC)c3ccccc3n2CC)c1.CCCCCCCCCCCCOC(=O)c1ccc(Cl)c(NC(=O)NN=c2n(C)c3ccccc3n2C)c1. The Morgan fingerprint density at radius 3 is 0.896 bits per heavy atom. The second-order valence-corrected chi connectivity index (χ2v) is 35.3. The number of rotatable bonds is 53. The number of anilines is 4. The van der Waals surface area contributed by atoms with Gasteiger partial charge < -0.3 is 52.8 Å². The number of nitrogens with one attached hydrogen (secondary N) is 7. The number of carbonyl (C=O) groups excluding carboxylic acids is 5. The number of amides is 6. The molecule has 0 spiro atoms. The Hall–Kier alpha value is -9.50. The summed E-state index contributed by atoms with van der Waals surface area (Å²) in [5.41, 5.74) is 17.2. The maximum Gasteiger partial charge on any atom is 0.339 e. The molecule has 125 heavy (non-hydrogen) atoms. The maximum atomic E-state index is 12.8. The quantitative estimate of drug-likeness (QED) is 0.0108. The van der Waals surface area contributed by atoms with Crippen LogP contribution in [-0.2, 0) is 60.8 Å². The summed E-state index contributed by atoms with van der Waals surface area (Å²) in [5.74, 6) is -0.816. The van der Waals surface area contributed by atoms with Crippen molar-refractivity contribution in [2.75, 3.05) is 39.6 Å². The zero-order chi connectivity index (χ0) is 90.0. The van der Waals surface area contributed by atoms with E-state index in [1.54, 1.807) is 36.4 Å². The minimum atomic E-state index is -3.53. The van der Waals surface area contributed by atoms with Gasteiger partial charge in [-0.05, 0) is 124 Å². The Bertz CT molecular complexity index is 5020. The van der Waals surface area contributed by atoms with Crippen molar-refractivity contribution in [3.8, 4) is 0 Å². The third kappa shape index (κ3) is 35.7. The average molecular weight is 1800 g/mol. The molecular weight excluding hydrogens is 1660 g/mol. The number of aromatic nitrogens is 6. The molecule has 9 aromatic rings. The molecule has 0 aliphatic heterocycles. The van der Waals surface area contributed by atoms with Crippen LogP contribution in [0.15, 0.2) is 143 Å². The number of urea groups is 3. The van der Waals surface area contributed by atoms with E-state index in [1.165, 1.54) is 204 Å². The van der Waals surface area contributed by atoms with Gasteiger partial charge in [-0.25, -0.2) is 48.7 Å². The number of nitrogens with zero attached hydrogens (tertiary/aromatic N) is 9. The minimum Gasteiger partial charge on any atom is -0.462 e. The summed E-state index contributed by atoms with van der Waals surface area (Å²) in [7, 11) is 3.99. The molecule has 9 rings (SSSR count). The van der Waals surface area contributed by atoms with E-state index in [0.717, 1.165) is 84.5 Å². The van der Waals surface area contributed by atoms with Gasteiger partial charge in [0.15, 0.2) is 0 Å². The number of carbonyl (C=O) groups is 5. The maximum absolute atomic E-state index is 12.8. The Labute approximate surface area is 756 Å². The minimum absolute atomic E-state index is 0.0542. The second kappa shape index (κ2) is 58.0. The van der Waals surface area contributed by atoms with Crippen molar-refractivity contribution < 1.29 is 41.9 Å². The number of ether oxygens (including phenoxy) is 2. The fourth-order valence-corrected chi connectivity index (χ4v) is 17.0. The smallest absolute Gasteiger partial charge is 0.339 e. The second-order valence-electron chi connectivity index (χ2n) is 32.3. The number of esters is 2. The number of unbranched alkanes of at least 4 members (excludes halogenated alkanes) is 35. The van der Waals surface area contributed by atoms with Crippen molar-refractivity contribution in [3.05, 3.63) is 170 Å². The molecule has 0 unspecified atom stereocenters. The van der Waals surface area contributed by atoms with Gasteiger partial charge in [-0.15, -0.1) is 15.3 Å². The van der Waals surface area contributed by atoms with Gasteiger partial charge >= 0.3 is 30.0 Å². The summed E-state index contributed by atoms with van der Waals surface area (Å²) in [6, 6.07) is 36.0. The standard InChI is InChI=1S/C34H53ClN6O3S.C33H48ClN5O3.C29H40ClN5O3/c1-4-7-8-9-10-11-12-13-14-15-16-17-18-21-26-45(43,44)39-28-24-25-29(35)30(27-28)36-33(42)37-38-34-40(5-2)31-22-19-20-23-32(31)41(34)6-3;1-4-5-6-7-8-9-10-11-12-13-14-15-16-19-24-42-31(40)26-22-23-27(34)28(25-26)35-32(41)36-37-33-38(2)29-20-17-18-21-30(29)39(33)3;1-4-5-6-7-8-9-10-11-12-15-20-38-27(36)22-18-19-23(30)24(21-22)31-28(37)32-33-29-34(2)25-16-13-14-17-26(25)35(29)3/h19-20,22-25,27,39H,4-18,21,26H2,1-3H3,(H2,36,37,42);17-18,20-23,25H,4-16,19,24H2,1-3H3,(H2,35,36,41);13-14,16-19,21H,4-12,15,20H2,1-3H3,(H2,31,32,37). The fraction of sp³-hybridized carbons (Fsp3) is 0.542. The number of sulfonamides is 1. The molecule has 0 saturated heterocycles. The first kappa shape index (κ1) is 103. The van der Waals surface area contributed by atoms with Crippen molar-refractivity contribution in [2.45, 2.75) is 292 Å². The van der Waals surface area contributed by atoms with Gasteiger partial charge in [-0.1, -0.05) is 317 Å². The van der Waals surface area contributed by atoms with Crippen LogP contribution in [-0.4, -0.2) is 84.8 Å². The Morgan fingerprint density at radius 1 is 0.328 bits per heavy atom. The lowest BCUT2D eigenvalue weighted by atomic mass is 10.0. The number of fused-ring (bicyclic) bond motifs is 3. The summed E-state index contributed by atoms with van der Waals surface area (Å²) in [6.07, 6.45) is 47.1. The van der Waals surface area contributed by atoms with Gasteiger partial charge in [0.25, 0.3) is 0 Å². The Balaban J connectivity index is 0.000000258. The number of para-hydroxylation sites is 6. The predicted octanol–water partition coefficient (Wildman–Crippen LogP) is 24.3. The molecular formula is C96H141Cl3N16O9S. The van der Waals surface area contributed by atoms with Crippen LogP contribution >= 0.6 is 34.8 Å². The zero-order valence-corrected chi connectivity index (χ0v) is 78.9. The molecule has 0 bridgehead atoms. The summed E-state index contributed by atoms with van der Waals surface area (Å²) >= 11 is 18.9. The van der Waals surface area contributed by atoms with E-state index in [-0.39, 0.29) is 16.5 Å². The van der Waals surface area contributed by atoms with E-state index in [2.05, 4.69) is 73.0 Å². The molecule has 0 radical (unpaired) electrons. The molecule has 686 valence electrons. The molecule has 0 fully saturated rings. The van der Waals surface area contributed by atoms with Crippen LogP contribution in [0.2, 0.25) is 15.1 Å². The first-order valence-corrected chi connectivity index (χ1v) is 48.9. The summed E-state index contributed by atoms with van der Waals surface area (Å²) in [5, 5.41) is 21.8. The molecule has 25 nitrogen and oxygen atoms in total. The van der Waals surface area contributed by atoms with E-state index < -0.39 is 40.1 Å². The number of hydrogen-bond acceptors (Lipinski definition) is 12. The molecule has 6 amide bonds. The molecule has 0 saturated carbocycles. The zero-order valence-electron chi connectivity index (χ0n) is 75.8. The van der Waals surface area contributed by atoms with E-state index in [1.807, 2.05) is 142 Å². The Morgan fingerprint density at radius 2 is 0.592 bits per heavy atom. The molecule has 0 aliphatic rings. The lowest BCUT2D eigenvalue weighted by molar-refractivity contribution is 0.0488. The topological polar surface area (TPSA) is 289 Å². The highest BCUT2D eigenvalue weighted by molar-refractivity contribution is 7.92. The summed E-state index contributed by atoms with van der Waals surface area (Å²) in [4.78, 5) is 63.0. The van der Waals surface area contributed by atoms with Gasteiger partial charge in [0.05, 0.1) is 101 Å². The molecule has 3 heterocycles. The predicted molar refractivity (Wildman–Crippen MR) is 513 cm³/mol. The number of halogens is 3. The first-order chi connectivity index (χ1) is 60.6. The van der Waals surface area contributed by atoms with Crippen molar-refractivity contribution in [1.82, 2.24) is 43.7 Å². The number of hydrogen-bond donors (Lipinski definition) is 7. The van der Waals surface area contributed by atoms with Crippen LogP contribution in [0.25, 0.3) is 33.1 Å². The van der Waals surface area contributed by atoms with Crippen molar-refractivity contribution in [1.29, 1.82) is 0 Å². The van der Waals surface area contributed by atoms with Gasteiger partial charge in [0, 0.05) is 41.3 Å². The van der Waals surface area contributed by atoms with Gasteiger partial charge in [0.1, 0.15) is 0 Å². The number of imidazole rings is 3.